The van der Waals surface area contributed by atoms with Crippen LogP contribution in [0.4, 0.5) is 5.82 Å². The molecule has 5 nitrogen and oxygen atoms in total. The van der Waals surface area contributed by atoms with Crippen molar-refractivity contribution < 1.29 is 4.79 Å². The Kier molecular flexibility index (Phi) is 5.31. The predicted molar refractivity (Wildman–Crippen MR) is 115 cm³/mol. The van der Waals surface area contributed by atoms with Gasteiger partial charge in [-0.3, -0.25) is 4.79 Å². The quantitative estimate of drug-likeness (QED) is 0.697. The minimum Gasteiger partial charge on any atom is -0.356 e. The molecule has 1 amide bonds. The lowest BCUT2D eigenvalue weighted by Crippen LogP contribution is -2.22. The molecular formula is C22H26N4OS. The third-order valence-corrected chi connectivity index (χ3v) is 6.56. The van der Waals surface area contributed by atoms with Crippen LogP contribution < -0.4 is 10.2 Å². The Labute approximate surface area is 169 Å². The molecule has 1 aliphatic rings. The summed E-state index contributed by atoms with van der Waals surface area (Å²) in [6.45, 7) is 8.66. The van der Waals surface area contributed by atoms with E-state index < -0.39 is 0 Å². The zero-order chi connectivity index (χ0) is 19.7. The van der Waals surface area contributed by atoms with Crippen LogP contribution >= 0.6 is 11.3 Å². The summed E-state index contributed by atoms with van der Waals surface area (Å²) in [6.07, 6.45) is 3.41. The largest absolute Gasteiger partial charge is 0.356 e. The number of aromatic nitrogens is 2. The number of nitrogens with one attached hydrogen (secondary N) is 1. The Morgan fingerprint density at radius 1 is 1.11 bits per heavy atom. The first-order chi connectivity index (χ1) is 13.6. The molecule has 146 valence electrons. The highest BCUT2D eigenvalue weighted by Gasteiger charge is 2.24. The van der Waals surface area contributed by atoms with Gasteiger partial charge in [-0.25, -0.2) is 9.97 Å². The SMILES string of the molecule is CCc1ccc(CNC(=O)c2sc3nc(C)nc(N4CCCC4)c3c2C)cc1. The summed E-state index contributed by atoms with van der Waals surface area (Å²) >= 11 is 1.47. The highest BCUT2D eigenvalue weighted by Crippen LogP contribution is 2.36. The van der Waals surface area contributed by atoms with Crippen LogP contribution in [0.15, 0.2) is 24.3 Å². The summed E-state index contributed by atoms with van der Waals surface area (Å²) in [5, 5.41) is 4.10. The number of fused-ring (bicyclic) bond motifs is 1. The van der Waals surface area contributed by atoms with Crippen molar-refractivity contribution in [3.8, 4) is 0 Å². The fourth-order valence-corrected chi connectivity index (χ4v) is 4.89. The topological polar surface area (TPSA) is 58.1 Å². The fourth-order valence-electron chi connectivity index (χ4n) is 3.75. The van der Waals surface area contributed by atoms with E-state index in [-0.39, 0.29) is 5.91 Å². The molecule has 0 saturated carbocycles. The van der Waals surface area contributed by atoms with Gasteiger partial charge in [0.15, 0.2) is 0 Å². The Balaban J connectivity index is 1.60. The molecule has 0 spiro atoms. The number of hydrogen-bond acceptors (Lipinski definition) is 5. The standard InChI is InChI=1S/C22H26N4OS/c1-4-16-7-9-17(10-8-16)13-23-21(27)19-14(2)18-20(26-11-5-6-12-26)24-15(3)25-22(18)28-19/h7-10H,4-6,11-13H2,1-3H3,(H,23,27). The molecule has 4 rings (SSSR count). The lowest BCUT2D eigenvalue weighted by Gasteiger charge is -2.18. The second-order valence-corrected chi connectivity index (χ2v) is 8.38. The average molecular weight is 395 g/mol. The summed E-state index contributed by atoms with van der Waals surface area (Å²) in [5.74, 6) is 1.71. The van der Waals surface area contributed by atoms with Crippen molar-refractivity contribution in [3.63, 3.8) is 0 Å². The minimum absolute atomic E-state index is 0.0370. The van der Waals surface area contributed by atoms with Crippen LogP contribution in [0.1, 0.15) is 52.0 Å². The van der Waals surface area contributed by atoms with Crippen LogP contribution in [0.5, 0.6) is 0 Å². The Hall–Kier alpha value is -2.47. The van der Waals surface area contributed by atoms with Crippen molar-refractivity contribution in [3.05, 3.63) is 51.7 Å². The van der Waals surface area contributed by atoms with E-state index in [1.165, 1.54) is 29.7 Å². The summed E-state index contributed by atoms with van der Waals surface area (Å²) in [7, 11) is 0. The zero-order valence-corrected chi connectivity index (χ0v) is 17.5. The zero-order valence-electron chi connectivity index (χ0n) is 16.7. The lowest BCUT2D eigenvalue weighted by molar-refractivity contribution is 0.0954. The summed E-state index contributed by atoms with van der Waals surface area (Å²) in [6, 6.07) is 8.40. The van der Waals surface area contributed by atoms with E-state index in [1.54, 1.807) is 0 Å². The van der Waals surface area contributed by atoms with Crippen LogP contribution in [0, 0.1) is 13.8 Å². The second kappa shape index (κ2) is 7.87. The third-order valence-electron chi connectivity index (χ3n) is 5.38. The number of anilines is 1. The van der Waals surface area contributed by atoms with Gasteiger partial charge < -0.3 is 10.2 Å². The third kappa shape index (κ3) is 3.61. The average Bonchev–Trinajstić information content (AvgIpc) is 3.34. The molecule has 0 bridgehead atoms. The van der Waals surface area contributed by atoms with E-state index in [1.807, 2.05) is 13.8 Å². The van der Waals surface area contributed by atoms with Crippen LogP contribution in [0.2, 0.25) is 0 Å². The van der Waals surface area contributed by atoms with Crippen LogP contribution in [0.25, 0.3) is 10.2 Å². The number of thiophene rings is 1. The highest BCUT2D eigenvalue weighted by molar-refractivity contribution is 7.20. The number of carbonyl (C=O) groups excluding carboxylic acids is 1. The molecule has 1 aromatic carbocycles. The van der Waals surface area contributed by atoms with Gasteiger partial charge in [-0.1, -0.05) is 31.2 Å². The maximum Gasteiger partial charge on any atom is 0.261 e. The number of aryl methyl sites for hydroxylation is 3. The van der Waals surface area contributed by atoms with Gasteiger partial charge in [-0.15, -0.1) is 11.3 Å². The molecule has 0 radical (unpaired) electrons. The molecule has 0 unspecified atom stereocenters. The van der Waals surface area contributed by atoms with Gasteiger partial charge in [-0.05, 0) is 49.8 Å². The molecule has 1 saturated heterocycles. The fraction of sp³-hybridized carbons (Fsp3) is 0.409. The van der Waals surface area contributed by atoms with Crippen LogP contribution in [0.3, 0.4) is 0 Å². The number of carbonyl (C=O) groups is 1. The van der Waals surface area contributed by atoms with E-state index >= 15 is 0 Å². The van der Waals surface area contributed by atoms with Crippen LogP contribution in [-0.2, 0) is 13.0 Å². The number of benzene rings is 1. The molecule has 0 aliphatic carbocycles. The van der Waals surface area contributed by atoms with Crippen molar-refractivity contribution in [2.75, 3.05) is 18.0 Å². The van der Waals surface area contributed by atoms with Gasteiger partial charge >= 0.3 is 0 Å². The van der Waals surface area contributed by atoms with E-state index in [0.717, 1.165) is 57.4 Å². The summed E-state index contributed by atoms with van der Waals surface area (Å²) in [4.78, 5) is 26.2. The second-order valence-electron chi connectivity index (χ2n) is 7.38. The minimum atomic E-state index is -0.0370. The van der Waals surface area contributed by atoms with Gasteiger partial charge in [0.2, 0.25) is 0 Å². The molecule has 28 heavy (non-hydrogen) atoms. The molecule has 6 heteroatoms. The predicted octanol–water partition coefficient (Wildman–Crippen LogP) is 4.40. The lowest BCUT2D eigenvalue weighted by atomic mass is 10.1. The molecule has 3 heterocycles. The number of amides is 1. The first-order valence-electron chi connectivity index (χ1n) is 9.95. The first-order valence-corrected chi connectivity index (χ1v) is 10.8. The maximum atomic E-state index is 12.9. The van der Waals surface area contributed by atoms with E-state index in [9.17, 15) is 4.79 Å². The molecule has 1 N–H and O–H groups in total. The Bertz CT molecular complexity index is 1000. The van der Waals surface area contributed by atoms with Crippen LogP contribution in [-0.4, -0.2) is 29.0 Å². The molecule has 0 atom stereocenters. The molecule has 1 aliphatic heterocycles. The van der Waals surface area contributed by atoms with Crippen molar-refractivity contribution in [2.45, 2.75) is 46.6 Å². The van der Waals surface area contributed by atoms with Gasteiger partial charge in [0.25, 0.3) is 5.91 Å². The maximum absolute atomic E-state index is 12.9. The number of hydrogen-bond donors (Lipinski definition) is 1. The molecule has 2 aromatic heterocycles. The Morgan fingerprint density at radius 3 is 2.46 bits per heavy atom. The van der Waals surface area contributed by atoms with E-state index in [0.29, 0.717) is 6.54 Å². The number of nitrogens with zero attached hydrogens (tertiary/aromatic N) is 3. The molecular weight excluding hydrogens is 368 g/mol. The monoisotopic (exact) mass is 394 g/mol. The van der Waals surface area contributed by atoms with Gasteiger partial charge in [0, 0.05) is 19.6 Å². The van der Waals surface area contributed by atoms with Gasteiger partial charge in [-0.2, -0.15) is 0 Å². The van der Waals surface area contributed by atoms with Gasteiger partial charge in [0.1, 0.15) is 16.5 Å². The van der Waals surface area contributed by atoms with Gasteiger partial charge in [0.05, 0.1) is 10.3 Å². The summed E-state index contributed by atoms with van der Waals surface area (Å²) in [5.41, 5.74) is 3.40. The smallest absolute Gasteiger partial charge is 0.261 e. The van der Waals surface area contributed by atoms with Crippen molar-refractivity contribution in [1.82, 2.24) is 15.3 Å². The van der Waals surface area contributed by atoms with E-state index in [4.69, 9.17) is 4.98 Å². The normalized spacial score (nSPS) is 14.0. The number of rotatable bonds is 5. The summed E-state index contributed by atoms with van der Waals surface area (Å²) < 4.78 is 0. The van der Waals surface area contributed by atoms with Crippen molar-refractivity contribution in [1.29, 1.82) is 0 Å². The Morgan fingerprint density at radius 2 is 1.79 bits per heavy atom. The first kappa shape index (κ1) is 18.9. The molecule has 3 aromatic rings. The van der Waals surface area contributed by atoms with E-state index in [2.05, 4.69) is 46.4 Å². The van der Waals surface area contributed by atoms with Crippen molar-refractivity contribution >= 4 is 33.3 Å². The molecule has 1 fully saturated rings. The van der Waals surface area contributed by atoms with Crippen molar-refractivity contribution in [2.24, 2.45) is 0 Å². The highest BCUT2D eigenvalue weighted by atomic mass is 32.1.